The van der Waals surface area contributed by atoms with Gasteiger partial charge in [-0.1, -0.05) is 6.07 Å². The molecule has 24 heavy (non-hydrogen) atoms. The van der Waals surface area contributed by atoms with E-state index in [1.165, 1.54) is 12.1 Å². The molecule has 2 N–H and O–H groups in total. The highest BCUT2D eigenvalue weighted by molar-refractivity contribution is 5.92. The number of aryl methyl sites for hydroxylation is 1. The summed E-state index contributed by atoms with van der Waals surface area (Å²) in [5.74, 6) is -1.15. The number of anilines is 1. The van der Waals surface area contributed by atoms with Crippen molar-refractivity contribution >= 4 is 35.7 Å². The van der Waals surface area contributed by atoms with E-state index in [-0.39, 0.29) is 30.4 Å². The third-order valence-corrected chi connectivity index (χ3v) is 3.98. The monoisotopic (exact) mass is 357 g/mol. The van der Waals surface area contributed by atoms with E-state index in [9.17, 15) is 19.7 Å². The van der Waals surface area contributed by atoms with Crippen LogP contribution < -0.4 is 5.32 Å². The van der Waals surface area contributed by atoms with Crippen LogP contribution in [0, 0.1) is 17.0 Å². The fourth-order valence-corrected chi connectivity index (χ4v) is 2.69. The van der Waals surface area contributed by atoms with Gasteiger partial charge >= 0.3 is 5.97 Å². The maximum Gasteiger partial charge on any atom is 0.320 e. The van der Waals surface area contributed by atoms with Crippen molar-refractivity contribution < 1.29 is 19.6 Å². The second kappa shape index (κ2) is 8.60. The van der Waals surface area contributed by atoms with Crippen molar-refractivity contribution in [3.05, 3.63) is 33.9 Å². The van der Waals surface area contributed by atoms with Gasteiger partial charge in [-0.3, -0.25) is 24.6 Å². The van der Waals surface area contributed by atoms with Crippen LogP contribution in [0.1, 0.15) is 24.8 Å². The van der Waals surface area contributed by atoms with Crippen molar-refractivity contribution in [1.82, 2.24) is 4.90 Å². The lowest BCUT2D eigenvalue weighted by molar-refractivity contribution is -0.384. The molecule has 1 unspecified atom stereocenters. The number of amides is 1. The maximum atomic E-state index is 12.0. The molecule has 8 nitrogen and oxygen atoms in total. The third kappa shape index (κ3) is 4.90. The number of rotatable bonds is 6. The van der Waals surface area contributed by atoms with E-state index in [1.807, 2.05) is 0 Å². The Morgan fingerprint density at radius 3 is 2.79 bits per heavy atom. The lowest BCUT2D eigenvalue weighted by atomic mass is 10.1. The summed E-state index contributed by atoms with van der Waals surface area (Å²) in [6.07, 6.45) is 1.55. The number of benzene rings is 1. The van der Waals surface area contributed by atoms with Crippen LogP contribution in [-0.2, 0) is 9.59 Å². The SMILES string of the molecule is Cc1ccc([N+](=O)[O-])cc1NC(=O)CCN1CCCC1C(=O)O.Cl. The Balaban J connectivity index is 0.00000288. The molecule has 0 aliphatic carbocycles. The van der Waals surface area contributed by atoms with Crippen molar-refractivity contribution in [2.75, 3.05) is 18.4 Å². The van der Waals surface area contributed by atoms with Crippen LogP contribution in [0.5, 0.6) is 0 Å². The minimum atomic E-state index is -0.863. The van der Waals surface area contributed by atoms with Crippen LogP contribution in [0.15, 0.2) is 18.2 Å². The van der Waals surface area contributed by atoms with Crippen molar-refractivity contribution in [2.45, 2.75) is 32.2 Å². The van der Waals surface area contributed by atoms with Gasteiger partial charge in [0.1, 0.15) is 6.04 Å². The number of carbonyl (C=O) groups is 2. The van der Waals surface area contributed by atoms with Crippen molar-refractivity contribution in [1.29, 1.82) is 0 Å². The molecule has 1 saturated heterocycles. The Morgan fingerprint density at radius 2 is 2.17 bits per heavy atom. The average molecular weight is 358 g/mol. The van der Waals surface area contributed by atoms with Gasteiger partial charge in [-0.2, -0.15) is 0 Å². The van der Waals surface area contributed by atoms with Gasteiger partial charge in [0.2, 0.25) is 5.91 Å². The molecular weight excluding hydrogens is 338 g/mol. The number of carboxylic acids is 1. The van der Waals surface area contributed by atoms with Gasteiger partial charge in [0.05, 0.1) is 10.6 Å². The summed E-state index contributed by atoms with van der Waals surface area (Å²) >= 11 is 0. The molecule has 0 saturated carbocycles. The predicted molar refractivity (Wildman–Crippen MR) is 90.6 cm³/mol. The summed E-state index contributed by atoms with van der Waals surface area (Å²) < 4.78 is 0. The zero-order valence-corrected chi connectivity index (χ0v) is 14.0. The van der Waals surface area contributed by atoms with Gasteiger partial charge in [0, 0.05) is 25.1 Å². The summed E-state index contributed by atoms with van der Waals surface area (Å²) in [7, 11) is 0. The molecule has 1 aromatic carbocycles. The fraction of sp³-hybridized carbons (Fsp3) is 0.467. The molecule has 1 amide bonds. The number of carbonyl (C=O) groups excluding carboxylic acids is 1. The van der Waals surface area contributed by atoms with Gasteiger partial charge in [-0.05, 0) is 31.9 Å². The first-order valence-corrected chi connectivity index (χ1v) is 7.40. The number of carboxylic acid groups (broad SMARTS) is 1. The highest BCUT2D eigenvalue weighted by atomic mass is 35.5. The van der Waals surface area contributed by atoms with E-state index in [1.54, 1.807) is 17.9 Å². The molecule has 2 rings (SSSR count). The van der Waals surface area contributed by atoms with E-state index < -0.39 is 16.9 Å². The Bertz CT molecular complexity index is 638. The number of likely N-dealkylation sites (tertiary alicyclic amines) is 1. The quantitative estimate of drug-likeness (QED) is 0.596. The van der Waals surface area contributed by atoms with Crippen LogP contribution in [0.2, 0.25) is 0 Å². The lowest BCUT2D eigenvalue weighted by Crippen LogP contribution is -2.37. The van der Waals surface area contributed by atoms with Crippen LogP contribution in [0.25, 0.3) is 0 Å². The normalized spacial score (nSPS) is 17.1. The van der Waals surface area contributed by atoms with Crippen LogP contribution in [0.3, 0.4) is 0 Å². The molecule has 9 heteroatoms. The Morgan fingerprint density at radius 1 is 1.46 bits per heavy atom. The fourth-order valence-electron chi connectivity index (χ4n) is 2.69. The molecular formula is C15H20ClN3O5. The smallest absolute Gasteiger partial charge is 0.320 e. The Hall–Kier alpha value is -2.19. The molecule has 132 valence electrons. The van der Waals surface area contributed by atoms with Crippen LogP contribution in [0.4, 0.5) is 11.4 Å². The molecule has 0 spiro atoms. The summed E-state index contributed by atoms with van der Waals surface area (Å²) in [4.78, 5) is 35.2. The Labute approximate surface area is 145 Å². The van der Waals surface area contributed by atoms with E-state index in [2.05, 4.69) is 5.32 Å². The Kier molecular flexibility index (Phi) is 7.12. The molecule has 1 heterocycles. The van der Waals surface area contributed by atoms with E-state index >= 15 is 0 Å². The number of nitrogens with one attached hydrogen (secondary N) is 1. The van der Waals surface area contributed by atoms with E-state index in [0.717, 1.165) is 12.0 Å². The zero-order chi connectivity index (χ0) is 17.0. The van der Waals surface area contributed by atoms with Crippen molar-refractivity contribution in [3.8, 4) is 0 Å². The van der Waals surface area contributed by atoms with Gasteiger partial charge < -0.3 is 10.4 Å². The lowest BCUT2D eigenvalue weighted by Gasteiger charge is -2.20. The first-order valence-electron chi connectivity index (χ1n) is 7.40. The number of non-ortho nitro benzene ring substituents is 1. The minimum absolute atomic E-state index is 0. The molecule has 1 aliphatic heterocycles. The molecule has 0 aromatic heterocycles. The topological polar surface area (TPSA) is 113 Å². The second-order valence-electron chi connectivity index (χ2n) is 5.59. The number of nitro benzene ring substituents is 1. The number of halogens is 1. The first kappa shape index (κ1) is 19.9. The van der Waals surface area contributed by atoms with Crippen LogP contribution in [-0.4, -0.2) is 45.9 Å². The van der Waals surface area contributed by atoms with Crippen molar-refractivity contribution in [3.63, 3.8) is 0 Å². The van der Waals surface area contributed by atoms with E-state index in [4.69, 9.17) is 5.11 Å². The van der Waals surface area contributed by atoms with Gasteiger partial charge in [-0.15, -0.1) is 12.4 Å². The summed E-state index contributed by atoms with van der Waals surface area (Å²) in [6.45, 7) is 2.77. The van der Waals surface area contributed by atoms with Gasteiger partial charge in [0.15, 0.2) is 0 Å². The molecule has 1 aromatic rings. The zero-order valence-electron chi connectivity index (χ0n) is 13.2. The highest BCUT2D eigenvalue weighted by Crippen LogP contribution is 2.22. The number of nitro groups is 1. The predicted octanol–water partition coefficient (Wildman–Crippen LogP) is 2.20. The summed E-state index contributed by atoms with van der Waals surface area (Å²) in [5.41, 5.74) is 1.05. The molecule has 1 atom stereocenters. The average Bonchev–Trinajstić information content (AvgIpc) is 2.96. The molecule has 0 radical (unpaired) electrons. The first-order chi connectivity index (χ1) is 10.9. The largest absolute Gasteiger partial charge is 0.480 e. The number of nitrogens with zero attached hydrogens (tertiary/aromatic N) is 2. The summed E-state index contributed by atoms with van der Waals surface area (Å²) in [6, 6.07) is 3.76. The second-order valence-corrected chi connectivity index (χ2v) is 5.59. The minimum Gasteiger partial charge on any atom is -0.480 e. The molecule has 1 aliphatic rings. The number of hydrogen-bond donors (Lipinski definition) is 2. The van der Waals surface area contributed by atoms with Gasteiger partial charge in [-0.25, -0.2) is 0 Å². The molecule has 1 fully saturated rings. The summed E-state index contributed by atoms with van der Waals surface area (Å²) in [5, 5.41) is 22.5. The standard InChI is InChI=1S/C15H19N3O5.ClH/c1-10-4-5-11(18(22)23)9-12(10)16-14(19)6-8-17-7-2-3-13(17)15(20)21;/h4-5,9,13H,2-3,6-8H2,1H3,(H,16,19)(H,20,21);1H. The third-order valence-electron chi connectivity index (χ3n) is 3.98. The number of aliphatic carboxylic acids is 1. The van der Waals surface area contributed by atoms with E-state index in [0.29, 0.717) is 25.2 Å². The maximum absolute atomic E-state index is 12.0. The van der Waals surface area contributed by atoms with Gasteiger partial charge in [0.25, 0.3) is 5.69 Å². The highest BCUT2D eigenvalue weighted by Gasteiger charge is 2.30. The van der Waals surface area contributed by atoms with Crippen LogP contribution >= 0.6 is 12.4 Å². The number of hydrogen-bond acceptors (Lipinski definition) is 5. The molecule has 0 bridgehead atoms. The van der Waals surface area contributed by atoms with Crippen molar-refractivity contribution in [2.24, 2.45) is 0 Å².